The van der Waals surface area contributed by atoms with Crippen molar-refractivity contribution in [3.8, 4) is 0 Å². The molecule has 0 aliphatic carbocycles. The Kier molecular flexibility index (Phi) is 3.34. The summed E-state index contributed by atoms with van der Waals surface area (Å²) in [5.74, 6) is -0.680. The molecule has 0 fully saturated rings. The molecule has 1 aromatic carbocycles. The van der Waals surface area contributed by atoms with Crippen LogP contribution in [0.3, 0.4) is 0 Å². The van der Waals surface area contributed by atoms with E-state index in [4.69, 9.17) is 5.53 Å². The highest BCUT2D eigenvalue weighted by atomic mass is 79.9. The van der Waals surface area contributed by atoms with Crippen molar-refractivity contribution in [3.63, 3.8) is 0 Å². The molecule has 1 heterocycles. The molecule has 1 amide bonds. The Bertz CT molecular complexity index is 624. The second-order valence-corrected chi connectivity index (χ2v) is 5.49. The Morgan fingerprint density at radius 1 is 1.47 bits per heavy atom. The molecule has 0 N–H and O–H groups in total. The van der Waals surface area contributed by atoms with E-state index in [1.165, 1.54) is 11.8 Å². The molecule has 1 atom stereocenters. The molecule has 2 rings (SSSR count). The molecule has 0 saturated heterocycles. The summed E-state index contributed by atoms with van der Waals surface area (Å²) in [4.78, 5) is 28.9. The molecule has 7 heteroatoms. The second kappa shape index (κ2) is 4.68. The monoisotopic (exact) mass is 322 g/mol. The molecule has 6 nitrogen and oxygen atoms in total. The van der Waals surface area contributed by atoms with Gasteiger partial charge in [0.05, 0.1) is 5.69 Å². The maximum absolute atomic E-state index is 12.5. The van der Waals surface area contributed by atoms with Gasteiger partial charge in [-0.05, 0) is 30.7 Å². The molecule has 0 radical (unpaired) electrons. The molecular formula is C12H11BrN4O2. The quantitative estimate of drug-likeness (QED) is 0.363. The van der Waals surface area contributed by atoms with Crippen LogP contribution in [0, 0.1) is 5.41 Å². The maximum atomic E-state index is 12.5. The van der Waals surface area contributed by atoms with Crippen LogP contribution >= 0.6 is 15.9 Å². The van der Waals surface area contributed by atoms with Crippen LogP contribution in [0.1, 0.15) is 17.3 Å². The number of rotatable bonds is 2. The molecule has 0 spiro atoms. The number of halogens is 1. The zero-order chi connectivity index (χ0) is 14.2. The average Bonchev–Trinajstić information content (AvgIpc) is 2.41. The third-order valence-corrected chi connectivity index (χ3v) is 3.79. The van der Waals surface area contributed by atoms with E-state index >= 15 is 0 Å². The van der Waals surface area contributed by atoms with Crippen LogP contribution in [0.25, 0.3) is 10.4 Å². The SMILES string of the molecule is CN1C(=O)C(C)(CN=[N+]=[N-])C(=O)c2ccc(Br)cc21. The number of amides is 1. The van der Waals surface area contributed by atoms with Gasteiger partial charge in [0.1, 0.15) is 5.41 Å². The molecule has 19 heavy (non-hydrogen) atoms. The highest BCUT2D eigenvalue weighted by Crippen LogP contribution is 2.38. The molecule has 98 valence electrons. The van der Waals surface area contributed by atoms with Gasteiger partial charge in [0.2, 0.25) is 5.91 Å². The Balaban J connectivity index is 2.60. The van der Waals surface area contributed by atoms with Gasteiger partial charge in [0.25, 0.3) is 0 Å². The molecule has 1 aromatic rings. The van der Waals surface area contributed by atoms with Gasteiger partial charge >= 0.3 is 0 Å². The van der Waals surface area contributed by atoms with Crippen molar-refractivity contribution >= 4 is 33.3 Å². The van der Waals surface area contributed by atoms with Crippen molar-refractivity contribution in [2.45, 2.75) is 6.92 Å². The lowest BCUT2D eigenvalue weighted by Crippen LogP contribution is -2.51. The van der Waals surface area contributed by atoms with E-state index < -0.39 is 5.41 Å². The minimum absolute atomic E-state index is 0.180. The molecular weight excluding hydrogens is 312 g/mol. The molecule has 1 unspecified atom stereocenters. The highest BCUT2D eigenvalue weighted by Gasteiger charge is 2.47. The van der Waals surface area contributed by atoms with Crippen LogP contribution in [0.4, 0.5) is 5.69 Å². The summed E-state index contributed by atoms with van der Waals surface area (Å²) in [6.45, 7) is 1.33. The zero-order valence-electron chi connectivity index (χ0n) is 10.4. The third kappa shape index (κ3) is 2.01. The van der Waals surface area contributed by atoms with E-state index in [1.54, 1.807) is 25.2 Å². The first-order valence-corrected chi connectivity index (χ1v) is 6.34. The smallest absolute Gasteiger partial charge is 0.240 e. The van der Waals surface area contributed by atoms with Crippen LogP contribution in [0.15, 0.2) is 27.8 Å². The van der Waals surface area contributed by atoms with Crippen LogP contribution in [0.5, 0.6) is 0 Å². The van der Waals surface area contributed by atoms with E-state index in [-0.39, 0.29) is 18.2 Å². The van der Waals surface area contributed by atoms with Gasteiger partial charge in [0.15, 0.2) is 5.78 Å². The molecule has 1 aliphatic heterocycles. The fourth-order valence-corrected chi connectivity index (χ4v) is 2.51. The summed E-state index contributed by atoms with van der Waals surface area (Å²) in [5, 5.41) is 3.40. The summed E-state index contributed by atoms with van der Waals surface area (Å²) in [6, 6.07) is 5.13. The molecule has 0 saturated carbocycles. The minimum Gasteiger partial charge on any atom is -0.314 e. The van der Waals surface area contributed by atoms with Crippen molar-refractivity contribution in [2.24, 2.45) is 10.5 Å². The van der Waals surface area contributed by atoms with Crippen LogP contribution in [0.2, 0.25) is 0 Å². The number of fused-ring (bicyclic) bond motifs is 1. The lowest BCUT2D eigenvalue weighted by atomic mass is 9.77. The van der Waals surface area contributed by atoms with Gasteiger partial charge < -0.3 is 4.90 Å². The van der Waals surface area contributed by atoms with Crippen molar-refractivity contribution in [1.82, 2.24) is 0 Å². The summed E-state index contributed by atoms with van der Waals surface area (Å²) >= 11 is 3.31. The number of ketones is 1. The fraction of sp³-hybridized carbons (Fsp3) is 0.333. The van der Waals surface area contributed by atoms with E-state index in [9.17, 15) is 9.59 Å². The molecule has 0 bridgehead atoms. The predicted octanol–water partition coefficient (Wildman–Crippen LogP) is 2.92. The van der Waals surface area contributed by atoms with E-state index in [0.717, 1.165) is 4.47 Å². The van der Waals surface area contributed by atoms with Gasteiger partial charge in [-0.2, -0.15) is 0 Å². The van der Waals surface area contributed by atoms with Gasteiger partial charge in [-0.3, -0.25) is 9.59 Å². The van der Waals surface area contributed by atoms with Crippen LogP contribution in [-0.4, -0.2) is 25.3 Å². The van der Waals surface area contributed by atoms with Crippen LogP contribution in [-0.2, 0) is 4.79 Å². The topological polar surface area (TPSA) is 86.1 Å². The summed E-state index contributed by atoms with van der Waals surface area (Å²) in [6.07, 6.45) is 0. The largest absolute Gasteiger partial charge is 0.314 e. The van der Waals surface area contributed by atoms with Gasteiger partial charge in [-0.1, -0.05) is 21.0 Å². The maximum Gasteiger partial charge on any atom is 0.240 e. The lowest BCUT2D eigenvalue weighted by Gasteiger charge is -2.36. The van der Waals surface area contributed by atoms with E-state index in [0.29, 0.717) is 11.3 Å². The first-order chi connectivity index (χ1) is 8.91. The Labute approximate surface area is 118 Å². The average molecular weight is 323 g/mol. The number of carbonyl (C=O) groups is 2. The number of benzene rings is 1. The Morgan fingerprint density at radius 3 is 2.79 bits per heavy atom. The number of Topliss-reactive ketones (excluding diaryl/α,β-unsaturated/α-hetero) is 1. The van der Waals surface area contributed by atoms with Gasteiger partial charge in [-0.15, -0.1) is 0 Å². The van der Waals surface area contributed by atoms with E-state index in [2.05, 4.69) is 26.0 Å². The number of anilines is 1. The number of hydrogen-bond donors (Lipinski definition) is 0. The second-order valence-electron chi connectivity index (χ2n) is 4.58. The highest BCUT2D eigenvalue weighted by molar-refractivity contribution is 9.10. The number of azide groups is 1. The molecule has 1 aliphatic rings. The number of carbonyl (C=O) groups excluding carboxylic acids is 2. The Morgan fingerprint density at radius 2 is 2.16 bits per heavy atom. The van der Waals surface area contributed by atoms with Crippen molar-refractivity contribution < 1.29 is 9.59 Å². The number of nitrogens with zero attached hydrogens (tertiary/aromatic N) is 4. The zero-order valence-corrected chi connectivity index (χ0v) is 12.0. The minimum atomic E-state index is -1.33. The summed E-state index contributed by atoms with van der Waals surface area (Å²) in [7, 11) is 1.61. The van der Waals surface area contributed by atoms with Crippen molar-refractivity contribution in [2.75, 3.05) is 18.5 Å². The number of hydrogen-bond acceptors (Lipinski definition) is 3. The normalized spacial score (nSPS) is 21.9. The summed E-state index contributed by atoms with van der Waals surface area (Å²) < 4.78 is 0.789. The fourth-order valence-electron chi connectivity index (χ4n) is 2.16. The first-order valence-electron chi connectivity index (χ1n) is 5.55. The van der Waals surface area contributed by atoms with Crippen molar-refractivity contribution in [1.29, 1.82) is 0 Å². The van der Waals surface area contributed by atoms with E-state index in [1.807, 2.05) is 0 Å². The third-order valence-electron chi connectivity index (χ3n) is 3.29. The van der Waals surface area contributed by atoms with Gasteiger partial charge in [-0.25, -0.2) is 0 Å². The predicted molar refractivity (Wildman–Crippen MR) is 74.0 cm³/mol. The standard InChI is InChI=1S/C12H11BrN4O2/c1-12(6-15-16-14)10(18)8-4-3-7(13)5-9(8)17(2)11(12)19/h3-5H,6H2,1-2H3. The first kappa shape index (κ1) is 13.6. The van der Waals surface area contributed by atoms with Gasteiger partial charge in [0, 0.05) is 28.5 Å². The molecule has 0 aromatic heterocycles. The summed E-state index contributed by atoms with van der Waals surface area (Å²) in [5.41, 5.74) is 8.08. The van der Waals surface area contributed by atoms with Crippen molar-refractivity contribution in [3.05, 3.63) is 38.7 Å². The van der Waals surface area contributed by atoms with Crippen LogP contribution < -0.4 is 4.90 Å². The Hall–Kier alpha value is -1.85. The lowest BCUT2D eigenvalue weighted by molar-refractivity contribution is -0.124.